The third-order valence-electron chi connectivity index (χ3n) is 5.93. The van der Waals surface area contributed by atoms with Gasteiger partial charge >= 0.3 is 0 Å². The molecule has 3 aromatic rings. The molecule has 0 spiro atoms. The number of hydrogen-bond acceptors (Lipinski definition) is 5. The lowest BCUT2D eigenvalue weighted by Gasteiger charge is -2.29. The molecule has 3 atom stereocenters. The van der Waals surface area contributed by atoms with Crippen LogP contribution in [0.5, 0.6) is 5.75 Å². The maximum atomic E-state index is 13.2. The van der Waals surface area contributed by atoms with Crippen molar-refractivity contribution in [3.05, 3.63) is 95.3 Å². The molecule has 0 radical (unpaired) electrons. The van der Waals surface area contributed by atoms with Crippen LogP contribution >= 0.6 is 24.0 Å². The molecule has 3 aromatic carbocycles. The minimum absolute atomic E-state index is 0.0731. The number of rotatable bonds is 8. The Morgan fingerprint density at radius 2 is 1.76 bits per heavy atom. The van der Waals surface area contributed by atoms with Gasteiger partial charge in [0.05, 0.1) is 18.8 Å². The molecule has 0 aliphatic carbocycles. The summed E-state index contributed by atoms with van der Waals surface area (Å²) in [4.78, 5) is 2.08. The van der Waals surface area contributed by atoms with Gasteiger partial charge in [0.25, 0.3) is 0 Å². The van der Waals surface area contributed by atoms with E-state index in [0.717, 1.165) is 28.4 Å². The summed E-state index contributed by atoms with van der Waals surface area (Å²) in [6.07, 6.45) is 1.40. The normalized spacial score (nSPS) is 19.1. The molecule has 172 valence electrons. The summed E-state index contributed by atoms with van der Waals surface area (Å²) >= 11 is 7.35. The van der Waals surface area contributed by atoms with Crippen LogP contribution in [0.4, 0.5) is 10.1 Å². The summed E-state index contributed by atoms with van der Waals surface area (Å²) in [5, 5.41) is 30.8. The van der Waals surface area contributed by atoms with Crippen LogP contribution in [-0.4, -0.2) is 24.9 Å². The maximum Gasteiger partial charge on any atom is 0.141 e. The predicted molar refractivity (Wildman–Crippen MR) is 135 cm³/mol. The molecule has 1 unspecified atom stereocenters. The van der Waals surface area contributed by atoms with Gasteiger partial charge in [-0.15, -0.1) is 0 Å². The second-order valence-electron chi connectivity index (χ2n) is 8.12. The van der Waals surface area contributed by atoms with Crippen molar-refractivity contribution < 1.29 is 19.7 Å². The average molecular weight is 484 g/mol. The number of hydrogen-bond donors (Lipinski definition) is 3. The van der Waals surface area contributed by atoms with Crippen molar-refractivity contribution in [1.82, 2.24) is 0 Å². The molecule has 4 nitrogen and oxygen atoms in total. The number of anilines is 1. The van der Waals surface area contributed by atoms with Crippen molar-refractivity contribution in [2.75, 3.05) is 4.90 Å². The zero-order valence-corrected chi connectivity index (χ0v) is 19.6. The van der Waals surface area contributed by atoms with Crippen molar-refractivity contribution >= 4 is 34.0 Å². The molecule has 4 rings (SSSR count). The van der Waals surface area contributed by atoms with Crippen molar-refractivity contribution in [3.8, 4) is 5.75 Å². The van der Waals surface area contributed by atoms with Crippen molar-refractivity contribution in [2.45, 2.75) is 43.3 Å². The zero-order chi connectivity index (χ0) is 23.4. The van der Waals surface area contributed by atoms with Crippen LogP contribution in [0.1, 0.15) is 48.1 Å². The first kappa shape index (κ1) is 23.7. The average Bonchev–Trinajstić information content (AvgIpc) is 3.15. The number of aliphatic hydroxyl groups is 2. The quantitative estimate of drug-likeness (QED) is 0.348. The summed E-state index contributed by atoms with van der Waals surface area (Å²) in [6, 6.07) is 20.9. The van der Waals surface area contributed by atoms with Crippen LogP contribution in [0.25, 0.3) is 0 Å². The molecule has 1 heterocycles. The molecule has 1 aliphatic rings. The monoisotopic (exact) mass is 483 g/mol. The molecular formula is C26H26FNO3S2. The van der Waals surface area contributed by atoms with E-state index in [-0.39, 0.29) is 29.5 Å². The van der Waals surface area contributed by atoms with Gasteiger partial charge in [-0.1, -0.05) is 66.4 Å². The number of phenolic OH excluding ortho intramolecular Hbond substituents is 1. The Labute approximate surface area is 202 Å². The van der Waals surface area contributed by atoms with Gasteiger partial charge in [-0.3, -0.25) is 0 Å². The van der Waals surface area contributed by atoms with E-state index in [1.54, 1.807) is 30.0 Å². The molecule has 0 saturated carbocycles. The lowest BCUT2D eigenvalue weighted by atomic mass is 9.95. The van der Waals surface area contributed by atoms with Crippen molar-refractivity contribution in [1.29, 1.82) is 0 Å². The Hall–Kier alpha value is -2.45. The number of aromatic hydroxyl groups is 1. The van der Waals surface area contributed by atoms with Gasteiger partial charge in [-0.25, -0.2) is 4.39 Å². The fourth-order valence-corrected chi connectivity index (χ4v) is 6.11. The highest BCUT2D eigenvalue weighted by molar-refractivity contribution is 8.24. The number of para-hydroxylation sites is 1. The summed E-state index contributed by atoms with van der Waals surface area (Å²) in [5.74, 6) is -0.188. The number of halogens is 1. The number of thioether (sulfide) groups is 1. The Morgan fingerprint density at radius 1 is 1.03 bits per heavy atom. The minimum atomic E-state index is -0.662. The van der Waals surface area contributed by atoms with Gasteiger partial charge < -0.3 is 20.2 Å². The number of aliphatic hydroxyl groups excluding tert-OH is 2. The fraction of sp³-hybridized carbons (Fsp3) is 0.269. The highest BCUT2D eigenvalue weighted by Gasteiger charge is 2.41. The molecule has 3 N–H and O–H groups in total. The molecule has 33 heavy (non-hydrogen) atoms. The van der Waals surface area contributed by atoms with Gasteiger partial charge in [0.2, 0.25) is 0 Å². The van der Waals surface area contributed by atoms with E-state index in [0.29, 0.717) is 17.5 Å². The maximum absolute atomic E-state index is 13.2. The van der Waals surface area contributed by atoms with E-state index in [9.17, 15) is 19.7 Å². The van der Waals surface area contributed by atoms with E-state index in [1.807, 2.05) is 42.5 Å². The highest BCUT2D eigenvalue weighted by atomic mass is 32.2. The van der Waals surface area contributed by atoms with Crippen molar-refractivity contribution in [2.24, 2.45) is 0 Å². The second-order valence-corrected chi connectivity index (χ2v) is 10.00. The summed E-state index contributed by atoms with van der Waals surface area (Å²) in [6.45, 7) is -0.140. The Bertz CT molecular complexity index is 1090. The molecule has 0 aromatic heterocycles. The predicted octanol–water partition coefficient (Wildman–Crippen LogP) is 5.88. The third kappa shape index (κ3) is 5.38. The number of phenols is 1. The largest absolute Gasteiger partial charge is 0.508 e. The Kier molecular flexibility index (Phi) is 7.65. The van der Waals surface area contributed by atoms with E-state index in [4.69, 9.17) is 12.2 Å². The Balaban J connectivity index is 1.55. The standard InChI is InChI=1S/C26H26FNO3S2/c27-19-12-10-18(11-13-19)22(30)7-4-8-24-25(21-14-9-17(16-29)15-23(21)31)28(26(32)33-24)20-5-2-1-3-6-20/h1-3,5-6,9-15,22,24-25,29-31H,4,7-8,16H2/t22?,24-,25-/m1/s1. The molecule has 7 heteroatoms. The van der Waals surface area contributed by atoms with E-state index >= 15 is 0 Å². The molecule has 1 aliphatic heterocycles. The topological polar surface area (TPSA) is 63.9 Å². The van der Waals surface area contributed by atoms with E-state index in [1.165, 1.54) is 12.1 Å². The lowest BCUT2D eigenvalue weighted by molar-refractivity contribution is 0.163. The summed E-state index contributed by atoms with van der Waals surface area (Å²) in [5.41, 5.74) is 3.06. The van der Waals surface area contributed by atoms with Crippen LogP contribution in [0.3, 0.4) is 0 Å². The van der Waals surface area contributed by atoms with Crippen molar-refractivity contribution in [3.63, 3.8) is 0 Å². The first-order chi connectivity index (χ1) is 16.0. The minimum Gasteiger partial charge on any atom is -0.508 e. The van der Waals surface area contributed by atoms with Gasteiger partial charge in [0.1, 0.15) is 15.9 Å². The van der Waals surface area contributed by atoms with E-state index in [2.05, 4.69) is 4.90 Å². The third-order valence-corrected chi connectivity index (χ3v) is 7.61. The van der Waals surface area contributed by atoms with E-state index < -0.39 is 6.10 Å². The number of nitrogens with zero attached hydrogens (tertiary/aromatic N) is 1. The first-order valence-electron chi connectivity index (χ1n) is 10.9. The number of thiocarbonyl (C=S) groups is 1. The molecule has 1 saturated heterocycles. The van der Waals surface area contributed by atoms with Gasteiger partial charge in [-0.05, 0) is 60.7 Å². The molecule has 0 amide bonds. The van der Waals surface area contributed by atoms with Crippen LogP contribution in [0, 0.1) is 5.82 Å². The van der Waals surface area contributed by atoms with Crippen LogP contribution < -0.4 is 4.90 Å². The fourth-order valence-electron chi connectivity index (χ4n) is 4.24. The zero-order valence-electron chi connectivity index (χ0n) is 18.0. The SMILES string of the molecule is OCc1ccc([C@@H]2[C@@H](CCCC(O)c3ccc(F)cc3)SC(=S)N2c2ccccc2)c(O)c1. The highest BCUT2D eigenvalue weighted by Crippen LogP contribution is 2.48. The summed E-state index contributed by atoms with van der Waals surface area (Å²) in [7, 11) is 0. The van der Waals surface area contributed by atoms with Gasteiger partial charge in [-0.2, -0.15) is 0 Å². The van der Waals surface area contributed by atoms with Crippen LogP contribution in [0.2, 0.25) is 0 Å². The molecule has 0 bridgehead atoms. The molecular weight excluding hydrogens is 457 g/mol. The first-order valence-corrected chi connectivity index (χ1v) is 12.2. The van der Waals surface area contributed by atoms with Gasteiger partial charge in [0, 0.05) is 16.5 Å². The van der Waals surface area contributed by atoms with Crippen LogP contribution in [0.15, 0.2) is 72.8 Å². The Morgan fingerprint density at radius 3 is 2.42 bits per heavy atom. The summed E-state index contributed by atoms with van der Waals surface area (Å²) < 4.78 is 13.9. The lowest BCUT2D eigenvalue weighted by Crippen LogP contribution is -2.29. The van der Waals surface area contributed by atoms with Crippen LogP contribution in [-0.2, 0) is 6.61 Å². The number of benzene rings is 3. The second kappa shape index (κ2) is 10.7. The molecule has 1 fully saturated rings. The van der Waals surface area contributed by atoms with Gasteiger partial charge in [0.15, 0.2) is 0 Å². The smallest absolute Gasteiger partial charge is 0.141 e.